The van der Waals surface area contributed by atoms with Gasteiger partial charge in [0.2, 0.25) is 0 Å². The van der Waals surface area contributed by atoms with Gasteiger partial charge in [-0.15, -0.1) is 0 Å². The molecule has 0 aliphatic heterocycles. The SMILES string of the molecule is CC.Cc1nn2c(-c3ccccc3)cc(C3=CCCC=C3)nc2c1Br. The highest BCUT2D eigenvalue weighted by molar-refractivity contribution is 9.10. The smallest absolute Gasteiger partial charge is 0.170 e. The highest BCUT2D eigenvalue weighted by Crippen LogP contribution is 2.30. The van der Waals surface area contributed by atoms with Crippen molar-refractivity contribution in [3.8, 4) is 11.3 Å². The maximum atomic E-state index is 4.84. The molecule has 0 fully saturated rings. The number of hydrogen-bond donors (Lipinski definition) is 0. The Labute approximate surface area is 157 Å². The third-order valence-corrected chi connectivity index (χ3v) is 4.98. The van der Waals surface area contributed by atoms with E-state index in [9.17, 15) is 0 Å². The Morgan fingerprint density at radius 1 is 1.08 bits per heavy atom. The molecule has 3 nitrogen and oxygen atoms in total. The van der Waals surface area contributed by atoms with Crippen molar-refractivity contribution in [3.05, 3.63) is 70.5 Å². The summed E-state index contributed by atoms with van der Waals surface area (Å²) in [6.07, 6.45) is 8.80. The van der Waals surface area contributed by atoms with E-state index in [4.69, 9.17) is 4.98 Å². The van der Waals surface area contributed by atoms with Gasteiger partial charge in [-0.25, -0.2) is 9.50 Å². The second kappa shape index (κ2) is 7.79. The van der Waals surface area contributed by atoms with E-state index >= 15 is 0 Å². The number of halogens is 1. The number of fused-ring (bicyclic) bond motifs is 1. The number of rotatable bonds is 2. The molecule has 0 saturated heterocycles. The quantitative estimate of drug-likeness (QED) is 0.514. The molecule has 0 unspecified atom stereocenters. The zero-order valence-corrected chi connectivity index (χ0v) is 16.4. The fourth-order valence-electron chi connectivity index (χ4n) is 2.86. The van der Waals surface area contributed by atoms with Crippen molar-refractivity contribution >= 4 is 27.2 Å². The molecule has 0 bridgehead atoms. The number of hydrogen-bond acceptors (Lipinski definition) is 2. The molecule has 0 radical (unpaired) electrons. The van der Waals surface area contributed by atoms with Crippen molar-refractivity contribution in [3.63, 3.8) is 0 Å². The lowest BCUT2D eigenvalue weighted by Crippen LogP contribution is -2.00. The highest BCUT2D eigenvalue weighted by atomic mass is 79.9. The first-order chi connectivity index (χ1) is 12.2. The summed E-state index contributed by atoms with van der Waals surface area (Å²) in [6, 6.07) is 12.5. The number of aryl methyl sites for hydroxylation is 1. The fourth-order valence-corrected chi connectivity index (χ4v) is 3.20. The Morgan fingerprint density at radius 2 is 1.84 bits per heavy atom. The molecule has 0 amide bonds. The predicted molar refractivity (Wildman–Crippen MR) is 109 cm³/mol. The van der Waals surface area contributed by atoms with Crippen LogP contribution in [0, 0.1) is 6.92 Å². The Morgan fingerprint density at radius 3 is 2.52 bits per heavy atom. The second-order valence-electron chi connectivity index (χ2n) is 5.67. The van der Waals surface area contributed by atoms with Crippen molar-refractivity contribution in [1.29, 1.82) is 0 Å². The van der Waals surface area contributed by atoms with Gasteiger partial charge in [-0.3, -0.25) is 0 Å². The third kappa shape index (κ3) is 3.45. The lowest BCUT2D eigenvalue weighted by molar-refractivity contribution is 0.921. The number of aromatic nitrogens is 3. The van der Waals surface area contributed by atoms with Crippen LogP contribution in [0.1, 0.15) is 38.1 Å². The molecule has 4 heteroatoms. The molecular weight excluding hydrogens is 374 g/mol. The molecule has 128 valence electrons. The average molecular weight is 396 g/mol. The van der Waals surface area contributed by atoms with Gasteiger partial charge in [0.25, 0.3) is 0 Å². The van der Waals surface area contributed by atoms with Crippen LogP contribution in [-0.2, 0) is 0 Å². The van der Waals surface area contributed by atoms with Crippen LogP contribution in [0.15, 0.2) is 59.1 Å². The minimum atomic E-state index is 0.860. The first-order valence-corrected chi connectivity index (χ1v) is 9.52. The minimum Gasteiger partial charge on any atom is -0.227 e. The van der Waals surface area contributed by atoms with Gasteiger partial charge in [-0.1, -0.05) is 62.4 Å². The number of allylic oxidation sites excluding steroid dienone is 4. The van der Waals surface area contributed by atoms with Gasteiger partial charge in [-0.2, -0.15) is 5.10 Å². The Bertz CT molecular complexity index is 937. The van der Waals surface area contributed by atoms with E-state index in [0.717, 1.165) is 45.6 Å². The normalized spacial score (nSPS) is 13.4. The zero-order valence-electron chi connectivity index (χ0n) is 14.8. The summed E-state index contributed by atoms with van der Waals surface area (Å²) in [6.45, 7) is 5.99. The molecule has 2 aromatic heterocycles. The summed E-state index contributed by atoms with van der Waals surface area (Å²) in [5, 5.41) is 4.65. The van der Waals surface area contributed by atoms with Crippen molar-refractivity contribution in [2.24, 2.45) is 0 Å². The van der Waals surface area contributed by atoms with Crippen LogP contribution in [0.25, 0.3) is 22.5 Å². The third-order valence-electron chi connectivity index (χ3n) is 4.05. The summed E-state index contributed by atoms with van der Waals surface area (Å²) >= 11 is 3.63. The molecule has 1 aliphatic rings. The topological polar surface area (TPSA) is 30.2 Å². The van der Waals surface area contributed by atoms with Gasteiger partial charge in [0.1, 0.15) is 0 Å². The van der Waals surface area contributed by atoms with E-state index < -0.39 is 0 Å². The number of nitrogens with zero attached hydrogens (tertiary/aromatic N) is 3. The van der Waals surface area contributed by atoms with E-state index in [2.05, 4.69) is 57.5 Å². The summed E-state index contributed by atoms with van der Waals surface area (Å²) in [5.74, 6) is 0. The van der Waals surface area contributed by atoms with E-state index in [1.54, 1.807) is 0 Å². The molecule has 1 aliphatic carbocycles. The zero-order chi connectivity index (χ0) is 17.8. The molecule has 0 spiro atoms. The van der Waals surface area contributed by atoms with Crippen LogP contribution < -0.4 is 0 Å². The Kier molecular flexibility index (Phi) is 5.49. The molecule has 0 saturated carbocycles. The van der Waals surface area contributed by atoms with Gasteiger partial charge >= 0.3 is 0 Å². The lowest BCUT2D eigenvalue weighted by atomic mass is 10.0. The summed E-state index contributed by atoms with van der Waals surface area (Å²) in [7, 11) is 0. The standard InChI is InChI=1S/C19H16BrN3.C2H6/c1-13-18(20)19-21-16(14-8-4-2-5-9-14)12-17(23(19)22-13)15-10-6-3-7-11-15;1-2/h3-4,6-12H,2,5H2,1H3;1-2H3. The molecule has 2 heterocycles. The first kappa shape index (κ1) is 17.6. The van der Waals surface area contributed by atoms with Crippen LogP contribution in [0.5, 0.6) is 0 Å². The number of benzene rings is 1. The van der Waals surface area contributed by atoms with Gasteiger partial charge in [0.05, 0.1) is 21.6 Å². The molecule has 0 atom stereocenters. The largest absolute Gasteiger partial charge is 0.227 e. The van der Waals surface area contributed by atoms with E-state index in [1.165, 1.54) is 5.57 Å². The first-order valence-electron chi connectivity index (χ1n) is 8.72. The van der Waals surface area contributed by atoms with Gasteiger partial charge in [0.15, 0.2) is 5.65 Å². The Hall–Kier alpha value is -2.20. The highest BCUT2D eigenvalue weighted by Gasteiger charge is 2.15. The van der Waals surface area contributed by atoms with Crippen LogP contribution in [0.2, 0.25) is 0 Å². The van der Waals surface area contributed by atoms with Gasteiger partial charge in [-0.05, 0) is 47.3 Å². The molecule has 1 aromatic carbocycles. The summed E-state index contributed by atoms with van der Waals surface area (Å²) in [4.78, 5) is 4.84. The van der Waals surface area contributed by atoms with Gasteiger partial charge < -0.3 is 0 Å². The van der Waals surface area contributed by atoms with Crippen LogP contribution in [0.3, 0.4) is 0 Å². The molecular formula is C21H22BrN3. The average Bonchev–Trinajstić information content (AvgIpc) is 2.98. The molecule has 25 heavy (non-hydrogen) atoms. The summed E-state index contributed by atoms with van der Waals surface area (Å²) in [5.41, 5.74) is 6.17. The predicted octanol–water partition coefficient (Wildman–Crippen LogP) is 6.23. The monoisotopic (exact) mass is 395 g/mol. The second-order valence-corrected chi connectivity index (χ2v) is 6.46. The van der Waals surface area contributed by atoms with Gasteiger partial charge in [0, 0.05) is 5.56 Å². The van der Waals surface area contributed by atoms with Crippen LogP contribution in [0.4, 0.5) is 0 Å². The van der Waals surface area contributed by atoms with Crippen LogP contribution >= 0.6 is 15.9 Å². The fraction of sp³-hybridized carbons (Fsp3) is 0.238. The molecule has 4 rings (SSSR count). The van der Waals surface area contributed by atoms with Crippen molar-refractivity contribution in [2.75, 3.05) is 0 Å². The maximum Gasteiger partial charge on any atom is 0.170 e. The van der Waals surface area contributed by atoms with E-state index in [0.29, 0.717) is 0 Å². The summed E-state index contributed by atoms with van der Waals surface area (Å²) < 4.78 is 2.88. The molecule has 0 N–H and O–H groups in total. The van der Waals surface area contributed by atoms with Crippen molar-refractivity contribution in [2.45, 2.75) is 33.6 Å². The lowest BCUT2D eigenvalue weighted by Gasteiger charge is -2.11. The van der Waals surface area contributed by atoms with Crippen molar-refractivity contribution in [1.82, 2.24) is 14.6 Å². The van der Waals surface area contributed by atoms with E-state index in [1.807, 2.05) is 43.5 Å². The maximum absolute atomic E-state index is 4.84. The Balaban J connectivity index is 0.000000880. The molecule has 3 aromatic rings. The van der Waals surface area contributed by atoms with Crippen LogP contribution in [-0.4, -0.2) is 14.6 Å². The van der Waals surface area contributed by atoms with E-state index in [-0.39, 0.29) is 0 Å². The van der Waals surface area contributed by atoms with Crippen molar-refractivity contribution < 1.29 is 0 Å². The minimum absolute atomic E-state index is 0.860.